The van der Waals surface area contributed by atoms with E-state index in [1.165, 1.54) is 7.11 Å². The second kappa shape index (κ2) is 9.43. The summed E-state index contributed by atoms with van der Waals surface area (Å²) in [5.41, 5.74) is 3.38. The Morgan fingerprint density at radius 1 is 1.06 bits per heavy atom. The van der Waals surface area contributed by atoms with Gasteiger partial charge in [0.15, 0.2) is 11.6 Å². The Labute approximate surface area is 211 Å². The molecule has 8 nitrogen and oxygen atoms in total. The summed E-state index contributed by atoms with van der Waals surface area (Å²) in [5.74, 6) is 1.35. The first kappa shape index (κ1) is 24.1. The van der Waals surface area contributed by atoms with Crippen LogP contribution in [0, 0.1) is 5.41 Å². The van der Waals surface area contributed by atoms with Crippen LogP contribution in [-0.2, 0) is 9.53 Å². The third-order valence-electron chi connectivity index (χ3n) is 7.28. The van der Waals surface area contributed by atoms with Crippen LogP contribution in [0.25, 0.3) is 28.6 Å². The minimum absolute atomic E-state index is 0.264. The van der Waals surface area contributed by atoms with Gasteiger partial charge in [-0.15, -0.1) is 5.10 Å². The van der Waals surface area contributed by atoms with Gasteiger partial charge in [-0.3, -0.25) is 0 Å². The molecule has 2 atom stereocenters. The van der Waals surface area contributed by atoms with Crippen LogP contribution in [-0.4, -0.2) is 62.1 Å². The van der Waals surface area contributed by atoms with Gasteiger partial charge >= 0.3 is 5.97 Å². The number of hydrogen-bond donors (Lipinski definition) is 1. The number of benzene rings is 2. The molecule has 0 aliphatic carbocycles. The molecule has 188 valence electrons. The Kier molecular flexibility index (Phi) is 6.30. The molecule has 8 heteroatoms. The molecule has 0 radical (unpaired) electrons. The molecule has 0 amide bonds. The number of piperidine rings is 1. The van der Waals surface area contributed by atoms with Crippen molar-refractivity contribution >= 4 is 12.0 Å². The number of nitrogens with zero attached hydrogens (tertiary/aromatic N) is 5. The van der Waals surface area contributed by atoms with E-state index in [1.807, 2.05) is 43.3 Å². The number of ether oxygens (including phenoxy) is 1. The highest BCUT2D eigenvalue weighted by Gasteiger charge is 2.39. The van der Waals surface area contributed by atoms with Gasteiger partial charge in [-0.2, -0.15) is 0 Å². The second-order valence-electron chi connectivity index (χ2n) is 10.3. The fraction of sp³-hybridized carbons (Fsp3) is 0.393. The maximum Gasteiger partial charge on any atom is 0.356 e. The summed E-state index contributed by atoms with van der Waals surface area (Å²) < 4.78 is 6.64. The van der Waals surface area contributed by atoms with E-state index in [-0.39, 0.29) is 5.41 Å². The number of rotatable bonds is 5. The van der Waals surface area contributed by atoms with E-state index in [4.69, 9.17) is 14.8 Å². The molecule has 0 bridgehead atoms. The van der Waals surface area contributed by atoms with E-state index < -0.39 is 18.4 Å². The van der Waals surface area contributed by atoms with Crippen molar-refractivity contribution in [3.63, 3.8) is 0 Å². The number of aromatic nitrogens is 3. The van der Waals surface area contributed by atoms with Crippen molar-refractivity contribution in [3.8, 4) is 22.5 Å². The molecule has 1 saturated heterocycles. The average molecular weight is 488 g/mol. The lowest BCUT2D eigenvalue weighted by Crippen LogP contribution is -2.52. The summed E-state index contributed by atoms with van der Waals surface area (Å²) in [7, 11) is 1.28. The average Bonchev–Trinajstić information content (AvgIpc) is 3.33. The predicted molar refractivity (Wildman–Crippen MR) is 138 cm³/mol. The van der Waals surface area contributed by atoms with Crippen LogP contribution in [0.15, 0.2) is 60.4 Å². The normalized spacial score (nSPS) is 19.9. The zero-order valence-corrected chi connectivity index (χ0v) is 21.3. The molecule has 0 spiro atoms. The lowest BCUT2D eigenvalue weighted by atomic mass is 9.82. The maximum absolute atomic E-state index is 12.4. The molecule has 1 unspecified atom stereocenters. The Morgan fingerprint density at radius 2 is 1.72 bits per heavy atom. The molecule has 2 aliphatic rings. The van der Waals surface area contributed by atoms with Gasteiger partial charge < -0.3 is 19.6 Å². The van der Waals surface area contributed by atoms with Crippen molar-refractivity contribution in [1.82, 2.24) is 24.6 Å². The van der Waals surface area contributed by atoms with E-state index in [0.717, 1.165) is 48.4 Å². The Hall–Kier alpha value is -3.65. The van der Waals surface area contributed by atoms with Crippen molar-refractivity contribution in [2.24, 2.45) is 5.41 Å². The molecule has 2 aromatic carbocycles. The van der Waals surface area contributed by atoms with Crippen molar-refractivity contribution in [3.05, 3.63) is 66.2 Å². The molecular weight excluding hydrogens is 454 g/mol. The molecule has 1 N–H and O–H groups in total. The lowest BCUT2D eigenvalue weighted by Gasteiger charge is -2.46. The van der Waals surface area contributed by atoms with Gasteiger partial charge in [-0.05, 0) is 42.4 Å². The van der Waals surface area contributed by atoms with E-state index >= 15 is 0 Å². The maximum atomic E-state index is 12.4. The van der Waals surface area contributed by atoms with Crippen molar-refractivity contribution in [2.75, 3.05) is 20.2 Å². The van der Waals surface area contributed by atoms with E-state index in [0.29, 0.717) is 11.6 Å². The lowest BCUT2D eigenvalue weighted by molar-refractivity contribution is -0.165. The number of aliphatic hydroxyl groups is 1. The fourth-order valence-electron chi connectivity index (χ4n) is 4.94. The van der Waals surface area contributed by atoms with Crippen LogP contribution in [0.5, 0.6) is 0 Å². The third-order valence-corrected chi connectivity index (χ3v) is 7.28. The van der Waals surface area contributed by atoms with Crippen molar-refractivity contribution < 1.29 is 14.6 Å². The third kappa shape index (κ3) is 4.48. The van der Waals surface area contributed by atoms with E-state index in [2.05, 4.69) is 43.0 Å². The fourth-order valence-corrected chi connectivity index (χ4v) is 4.94. The summed E-state index contributed by atoms with van der Waals surface area (Å²) in [6, 6.07) is 18.4. The topological polar surface area (TPSA) is 83.7 Å². The molecule has 3 heterocycles. The smallest absolute Gasteiger partial charge is 0.356 e. The predicted octanol–water partition coefficient (Wildman–Crippen LogP) is 4.36. The van der Waals surface area contributed by atoms with Crippen LogP contribution < -0.4 is 0 Å². The zero-order chi connectivity index (χ0) is 25.4. The standard InChI is InChI=1S/C28H33N5O3/c1-19-32(26(34)27(35)36-4)24(31-15-13-28(2,3)14-16-31)18-23-29-25(30-33(19)23)22-12-8-11-21(17-22)20-9-6-5-7-10-20/h5-12,17-19,26,34H,13-16H2,1-4H3/t19?,26-/m0/s1. The quantitative estimate of drug-likeness (QED) is 0.536. The highest BCUT2D eigenvalue weighted by atomic mass is 16.5. The SMILES string of the molecule is COC(=O)[C@H](O)N1C(N2CCC(C)(C)CC2)=Cc2nc(-c3cccc(-c4ccccc4)c3)nn2C1C. The number of carbonyl (C=O) groups is 1. The second-order valence-corrected chi connectivity index (χ2v) is 10.3. The number of hydrogen-bond acceptors (Lipinski definition) is 7. The van der Waals surface area contributed by atoms with Crippen LogP contribution in [0.1, 0.15) is 45.6 Å². The molecule has 5 rings (SSSR count). The summed E-state index contributed by atoms with van der Waals surface area (Å²) >= 11 is 0. The van der Waals surface area contributed by atoms with Crippen LogP contribution in [0.4, 0.5) is 0 Å². The van der Waals surface area contributed by atoms with Crippen LogP contribution in [0.2, 0.25) is 0 Å². The zero-order valence-electron chi connectivity index (χ0n) is 21.3. The van der Waals surface area contributed by atoms with Gasteiger partial charge in [0.2, 0.25) is 6.23 Å². The molecule has 1 fully saturated rings. The van der Waals surface area contributed by atoms with Crippen molar-refractivity contribution in [2.45, 2.75) is 46.0 Å². The molecule has 2 aliphatic heterocycles. The van der Waals surface area contributed by atoms with Crippen LogP contribution in [0.3, 0.4) is 0 Å². The molecule has 3 aromatic rings. The highest BCUT2D eigenvalue weighted by Crippen LogP contribution is 2.37. The first-order valence-corrected chi connectivity index (χ1v) is 12.4. The summed E-state index contributed by atoms with van der Waals surface area (Å²) in [6.07, 6.45) is 2.06. The first-order valence-electron chi connectivity index (χ1n) is 12.4. The summed E-state index contributed by atoms with van der Waals surface area (Å²) in [6.45, 7) is 8.12. The number of carbonyl (C=O) groups excluding carboxylic acids is 1. The van der Waals surface area contributed by atoms with E-state index in [9.17, 15) is 9.90 Å². The number of aliphatic hydroxyl groups excluding tert-OH is 1. The van der Waals surface area contributed by atoms with Gasteiger partial charge in [0.1, 0.15) is 12.0 Å². The highest BCUT2D eigenvalue weighted by molar-refractivity contribution is 5.74. The van der Waals surface area contributed by atoms with Gasteiger partial charge in [0, 0.05) is 24.7 Å². The number of fused-ring (bicyclic) bond motifs is 1. The van der Waals surface area contributed by atoms with Gasteiger partial charge in [-0.1, -0.05) is 62.4 Å². The monoisotopic (exact) mass is 487 g/mol. The van der Waals surface area contributed by atoms with E-state index in [1.54, 1.807) is 9.58 Å². The summed E-state index contributed by atoms with van der Waals surface area (Å²) in [4.78, 5) is 21.2. The minimum Gasteiger partial charge on any atom is -0.466 e. The number of methoxy groups -OCH3 is 1. The molecule has 1 aromatic heterocycles. The Morgan fingerprint density at radius 3 is 2.42 bits per heavy atom. The van der Waals surface area contributed by atoms with Gasteiger partial charge in [0.25, 0.3) is 0 Å². The number of esters is 1. The van der Waals surface area contributed by atoms with Crippen LogP contribution >= 0.6 is 0 Å². The van der Waals surface area contributed by atoms with Crippen molar-refractivity contribution in [1.29, 1.82) is 0 Å². The minimum atomic E-state index is -1.45. The summed E-state index contributed by atoms with van der Waals surface area (Å²) in [5, 5.41) is 15.7. The Balaban J connectivity index is 1.53. The molecule has 0 saturated carbocycles. The van der Waals surface area contributed by atoms with Gasteiger partial charge in [-0.25, -0.2) is 14.5 Å². The van der Waals surface area contributed by atoms with Gasteiger partial charge in [0.05, 0.1) is 7.11 Å². The molecule has 36 heavy (non-hydrogen) atoms. The number of likely N-dealkylation sites (tertiary alicyclic amines) is 1. The molecular formula is C28H33N5O3. The Bertz CT molecular complexity index is 1270. The largest absolute Gasteiger partial charge is 0.466 e. The first-order chi connectivity index (χ1) is 17.3.